The number of nitrogens with one attached hydrogen (secondary N) is 1. The van der Waals surface area contributed by atoms with Gasteiger partial charge in [0.25, 0.3) is 0 Å². The average Bonchev–Trinajstić information content (AvgIpc) is 2.51. The highest BCUT2D eigenvalue weighted by Gasteiger charge is 2.22. The standard InChI is InChI=1S/C8H11NO3/c10-5-9-7(8(11)12)6-3-1-2-4-6/h3,5,7H,1-2,4H2,(H,9,10)(H,11,12). The van der Waals surface area contributed by atoms with Crippen LogP contribution in [0, 0.1) is 0 Å². The maximum Gasteiger partial charge on any atom is 0.330 e. The van der Waals surface area contributed by atoms with Crippen molar-refractivity contribution in [2.45, 2.75) is 25.3 Å². The molecule has 1 atom stereocenters. The van der Waals surface area contributed by atoms with Crippen LogP contribution in [0.1, 0.15) is 19.3 Å². The predicted molar refractivity (Wildman–Crippen MR) is 42.6 cm³/mol. The summed E-state index contributed by atoms with van der Waals surface area (Å²) >= 11 is 0. The van der Waals surface area contributed by atoms with E-state index in [-0.39, 0.29) is 0 Å². The van der Waals surface area contributed by atoms with Crippen LogP contribution in [-0.4, -0.2) is 23.5 Å². The van der Waals surface area contributed by atoms with E-state index in [1.54, 1.807) is 0 Å². The van der Waals surface area contributed by atoms with Gasteiger partial charge in [-0.05, 0) is 24.8 Å². The summed E-state index contributed by atoms with van der Waals surface area (Å²) in [5.41, 5.74) is 0.814. The van der Waals surface area contributed by atoms with Gasteiger partial charge in [-0.2, -0.15) is 0 Å². The second kappa shape index (κ2) is 3.90. The molecule has 4 nitrogen and oxygen atoms in total. The van der Waals surface area contributed by atoms with E-state index in [4.69, 9.17) is 5.11 Å². The molecule has 0 radical (unpaired) electrons. The van der Waals surface area contributed by atoms with Crippen molar-refractivity contribution < 1.29 is 14.7 Å². The molecule has 0 aliphatic heterocycles. The summed E-state index contributed by atoms with van der Waals surface area (Å²) in [5.74, 6) is -0.991. The molecular formula is C8H11NO3. The van der Waals surface area contributed by atoms with Crippen LogP contribution in [0.15, 0.2) is 11.6 Å². The molecule has 12 heavy (non-hydrogen) atoms. The molecule has 0 bridgehead atoms. The molecule has 66 valence electrons. The van der Waals surface area contributed by atoms with Gasteiger partial charge in [-0.1, -0.05) is 6.08 Å². The number of carboxylic acid groups (broad SMARTS) is 1. The van der Waals surface area contributed by atoms with E-state index < -0.39 is 12.0 Å². The van der Waals surface area contributed by atoms with Crippen molar-refractivity contribution >= 4 is 12.4 Å². The second-order valence-electron chi connectivity index (χ2n) is 2.73. The minimum atomic E-state index is -0.991. The number of rotatable bonds is 4. The fraction of sp³-hybridized carbons (Fsp3) is 0.500. The zero-order valence-electron chi connectivity index (χ0n) is 6.62. The maximum atomic E-state index is 10.6. The minimum absolute atomic E-state index is 0.429. The molecule has 1 unspecified atom stereocenters. The molecule has 0 aromatic rings. The molecule has 0 aromatic heterocycles. The molecule has 0 saturated heterocycles. The van der Waals surface area contributed by atoms with Crippen molar-refractivity contribution in [2.75, 3.05) is 0 Å². The van der Waals surface area contributed by atoms with E-state index in [2.05, 4.69) is 5.32 Å². The maximum absolute atomic E-state index is 10.6. The second-order valence-corrected chi connectivity index (χ2v) is 2.73. The number of allylic oxidation sites excluding steroid dienone is 1. The first-order valence-corrected chi connectivity index (χ1v) is 3.87. The summed E-state index contributed by atoms with van der Waals surface area (Å²) < 4.78 is 0. The number of amides is 1. The Balaban J connectivity index is 2.64. The first-order chi connectivity index (χ1) is 5.75. The Morgan fingerprint density at radius 2 is 2.50 bits per heavy atom. The fourth-order valence-corrected chi connectivity index (χ4v) is 1.36. The minimum Gasteiger partial charge on any atom is -0.479 e. The molecule has 1 aliphatic rings. The number of hydrogen-bond acceptors (Lipinski definition) is 2. The van der Waals surface area contributed by atoms with Gasteiger partial charge in [0, 0.05) is 0 Å². The lowest BCUT2D eigenvalue weighted by Crippen LogP contribution is -2.36. The zero-order valence-corrected chi connectivity index (χ0v) is 6.62. The molecule has 0 heterocycles. The van der Waals surface area contributed by atoms with Crippen LogP contribution >= 0.6 is 0 Å². The average molecular weight is 169 g/mol. The number of carbonyl (C=O) groups is 2. The number of aliphatic carboxylic acids is 1. The van der Waals surface area contributed by atoms with Gasteiger partial charge in [0.1, 0.15) is 6.04 Å². The number of carboxylic acids is 1. The van der Waals surface area contributed by atoms with Gasteiger partial charge >= 0.3 is 5.97 Å². The van der Waals surface area contributed by atoms with E-state index in [1.807, 2.05) is 6.08 Å². The highest BCUT2D eigenvalue weighted by molar-refractivity contribution is 5.80. The summed E-state index contributed by atoms with van der Waals surface area (Å²) in [6, 6.07) is -0.815. The summed E-state index contributed by atoms with van der Waals surface area (Å²) in [6.07, 6.45) is 4.99. The van der Waals surface area contributed by atoms with Crippen LogP contribution in [0.4, 0.5) is 0 Å². The molecule has 1 rings (SSSR count). The topological polar surface area (TPSA) is 66.4 Å². The molecule has 0 aromatic carbocycles. The first kappa shape index (κ1) is 8.77. The molecule has 1 amide bonds. The largest absolute Gasteiger partial charge is 0.479 e. The van der Waals surface area contributed by atoms with Crippen molar-refractivity contribution in [3.63, 3.8) is 0 Å². The van der Waals surface area contributed by atoms with Gasteiger partial charge in [0.15, 0.2) is 0 Å². The monoisotopic (exact) mass is 169 g/mol. The molecule has 4 heteroatoms. The van der Waals surface area contributed by atoms with Crippen LogP contribution < -0.4 is 5.32 Å². The molecule has 0 fully saturated rings. The Morgan fingerprint density at radius 1 is 1.75 bits per heavy atom. The molecule has 1 aliphatic carbocycles. The predicted octanol–water partition coefficient (Wildman–Crippen LogP) is 0.296. The summed E-state index contributed by atoms with van der Waals surface area (Å²) in [5, 5.41) is 11.0. The van der Waals surface area contributed by atoms with Crippen molar-refractivity contribution in [1.82, 2.24) is 5.32 Å². The van der Waals surface area contributed by atoms with E-state index in [0.717, 1.165) is 24.8 Å². The van der Waals surface area contributed by atoms with Crippen molar-refractivity contribution in [1.29, 1.82) is 0 Å². The lowest BCUT2D eigenvalue weighted by Gasteiger charge is -2.11. The number of carbonyl (C=O) groups excluding carboxylic acids is 1. The van der Waals surface area contributed by atoms with Gasteiger partial charge in [-0.15, -0.1) is 0 Å². The Labute approximate surface area is 70.3 Å². The lowest BCUT2D eigenvalue weighted by atomic mass is 10.1. The van der Waals surface area contributed by atoms with Gasteiger partial charge in [0.2, 0.25) is 6.41 Å². The Morgan fingerprint density at radius 3 is 2.92 bits per heavy atom. The van der Waals surface area contributed by atoms with E-state index in [9.17, 15) is 9.59 Å². The van der Waals surface area contributed by atoms with E-state index in [0.29, 0.717) is 6.41 Å². The molecular weight excluding hydrogens is 158 g/mol. The van der Waals surface area contributed by atoms with Crippen LogP contribution in [0.5, 0.6) is 0 Å². The third-order valence-corrected chi connectivity index (χ3v) is 1.93. The molecule has 2 N–H and O–H groups in total. The van der Waals surface area contributed by atoms with Crippen molar-refractivity contribution in [3.8, 4) is 0 Å². The highest BCUT2D eigenvalue weighted by Crippen LogP contribution is 2.20. The van der Waals surface area contributed by atoms with Gasteiger partial charge in [-0.3, -0.25) is 4.79 Å². The van der Waals surface area contributed by atoms with Crippen molar-refractivity contribution in [2.24, 2.45) is 0 Å². The van der Waals surface area contributed by atoms with Gasteiger partial charge in [-0.25, -0.2) is 4.79 Å². The third kappa shape index (κ3) is 1.84. The normalized spacial score (nSPS) is 18.2. The van der Waals surface area contributed by atoms with E-state index in [1.165, 1.54) is 0 Å². The summed E-state index contributed by atoms with van der Waals surface area (Å²) in [7, 11) is 0. The number of hydrogen-bond donors (Lipinski definition) is 2. The fourth-order valence-electron chi connectivity index (χ4n) is 1.36. The Hall–Kier alpha value is -1.32. The van der Waals surface area contributed by atoms with E-state index >= 15 is 0 Å². The van der Waals surface area contributed by atoms with Gasteiger partial charge in [0.05, 0.1) is 0 Å². The third-order valence-electron chi connectivity index (χ3n) is 1.93. The highest BCUT2D eigenvalue weighted by atomic mass is 16.4. The SMILES string of the molecule is O=CNC(C(=O)O)C1=CCCC1. The lowest BCUT2D eigenvalue weighted by molar-refractivity contribution is -0.139. The molecule has 0 spiro atoms. The van der Waals surface area contributed by atoms with Crippen molar-refractivity contribution in [3.05, 3.63) is 11.6 Å². The van der Waals surface area contributed by atoms with Gasteiger partial charge < -0.3 is 10.4 Å². The summed E-state index contributed by atoms with van der Waals surface area (Å²) in [4.78, 5) is 20.7. The van der Waals surface area contributed by atoms with Crippen LogP contribution in [0.3, 0.4) is 0 Å². The Kier molecular flexibility index (Phi) is 2.85. The smallest absolute Gasteiger partial charge is 0.330 e. The molecule has 0 saturated carbocycles. The summed E-state index contributed by atoms with van der Waals surface area (Å²) in [6.45, 7) is 0. The van der Waals surface area contributed by atoms with Crippen LogP contribution in [0.2, 0.25) is 0 Å². The Bertz CT molecular complexity index is 222. The first-order valence-electron chi connectivity index (χ1n) is 3.87. The van der Waals surface area contributed by atoms with Crippen LogP contribution in [-0.2, 0) is 9.59 Å². The zero-order chi connectivity index (χ0) is 8.97. The quantitative estimate of drug-likeness (QED) is 0.469. The van der Waals surface area contributed by atoms with Crippen LogP contribution in [0.25, 0.3) is 0 Å².